The normalized spacial score (nSPS) is 25.7. The Morgan fingerprint density at radius 3 is 2.44 bits per heavy atom. The van der Waals surface area contributed by atoms with Crippen LogP contribution in [0.15, 0.2) is 72.2 Å². The number of anilines is 1. The Bertz CT molecular complexity index is 1300. The minimum atomic E-state index is -0.891. The van der Waals surface area contributed by atoms with E-state index in [1.807, 2.05) is 46.8 Å². The average molecular weight is 444 g/mol. The Morgan fingerprint density at radius 1 is 0.906 bits per heavy atom. The highest BCUT2D eigenvalue weighted by atomic mass is 32.1. The van der Waals surface area contributed by atoms with Crippen molar-refractivity contribution < 1.29 is 18.8 Å². The molecule has 0 saturated carbocycles. The van der Waals surface area contributed by atoms with E-state index in [2.05, 4.69) is 0 Å². The van der Waals surface area contributed by atoms with Gasteiger partial charge >= 0.3 is 0 Å². The summed E-state index contributed by atoms with van der Waals surface area (Å²) >= 11 is 1.31. The highest BCUT2D eigenvalue weighted by Gasteiger charge is 2.64. The van der Waals surface area contributed by atoms with Crippen molar-refractivity contribution in [2.45, 2.75) is 12.1 Å². The number of ketones is 1. The van der Waals surface area contributed by atoms with Gasteiger partial charge in [0.05, 0.1) is 28.4 Å². The van der Waals surface area contributed by atoms with Crippen molar-refractivity contribution in [3.05, 3.63) is 94.1 Å². The standard InChI is InChI=1S/C25H17FN2O3S/c26-16-8-3-4-9-17(16)28-24(30)19-20(25(28)31)22(23(29)18-10-5-13-32-18)27-12-11-14-6-1-2-7-15(14)21(19)27/h1-13,19-22H/t19-,20+,21?,22-/m0/s1. The molecule has 3 aliphatic rings. The zero-order valence-corrected chi connectivity index (χ0v) is 17.5. The van der Waals surface area contributed by atoms with Crippen LogP contribution in [0.25, 0.3) is 6.08 Å². The van der Waals surface area contributed by atoms with Crippen LogP contribution in [-0.2, 0) is 9.59 Å². The van der Waals surface area contributed by atoms with Crippen LogP contribution in [0, 0.1) is 17.7 Å². The molecule has 3 aromatic rings. The molecule has 0 spiro atoms. The molecule has 5 nitrogen and oxygen atoms in total. The number of carbonyl (C=O) groups excluding carboxylic acids is 3. The molecule has 2 amide bonds. The van der Waals surface area contributed by atoms with E-state index in [-0.39, 0.29) is 11.5 Å². The van der Waals surface area contributed by atoms with Gasteiger partial charge in [-0.15, -0.1) is 11.3 Å². The predicted molar refractivity (Wildman–Crippen MR) is 118 cm³/mol. The van der Waals surface area contributed by atoms with E-state index in [1.54, 1.807) is 18.2 Å². The number of carbonyl (C=O) groups is 3. The topological polar surface area (TPSA) is 57.7 Å². The minimum Gasteiger partial charge on any atom is -0.358 e. The maximum atomic E-state index is 14.6. The summed E-state index contributed by atoms with van der Waals surface area (Å²) in [5, 5.41) is 1.81. The van der Waals surface area contributed by atoms with Gasteiger partial charge < -0.3 is 4.90 Å². The highest BCUT2D eigenvalue weighted by Crippen LogP contribution is 2.53. The molecule has 2 saturated heterocycles. The van der Waals surface area contributed by atoms with Gasteiger partial charge in [-0.3, -0.25) is 14.4 Å². The van der Waals surface area contributed by atoms with Gasteiger partial charge in [0.15, 0.2) is 5.78 Å². The summed E-state index contributed by atoms with van der Waals surface area (Å²) in [6.45, 7) is 0. The Hall–Kier alpha value is -3.58. The molecule has 4 heterocycles. The van der Waals surface area contributed by atoms with Crippen LogP contribution in [0.1, 0.15) is 26.8 Å². The van der Waals surface area contributed by atoms with Crippen molar-refractivity contribution in [2.24, 2.45) is 11.8 Å². The van der Waals surface area contributed by atoms with Gasteiger partial charge in [0.1, 0.15) is 11.9 Å². The number of hydrogen-bond acceptors (Lipinski definition) is 5. The second-order valence-corrected chi connectivity index (χ2v) is 9.09. The fourth-order valence-corrected chi connectivity index (χ4v) is 5.99. The monoisotopic (exact) mass is 444 g/mol. The third-order valence-corrected chi connectivity index (χ3v) is 7.47. The first-order valence-corrected chi connectivity index (χ1v) is 11.2. The summed E-state index contributed by atoms with van der Waals surface area (Å²) in [6, 6.07) is 15.6. The summed E-state index contributed by atoms with van der Waals surface area (Å²) in [4.78, 5) is 44.2. The van der Waals surface area contributed by atoms with Crippen LogP contribution in [0.5, 0.6) is 0 Å². The maximum absolute atomic E-state index is 14.6. The molecular weight excluding hydrogens is 427 g/mol. The molecule has 158 valence electrons. The number of hydrogen-bond donors (Lipinski definition) is 0. The molecule has 1 unspecified atom stereocenters. The Kier molecular flexibility index (Phi) is 4.16. The summed E-state index contributed by atoms with van der Waals surface area (Å²) in [6.07, 6.45) is 3.72. The first-order chi connectivity index (χ1) is 15.6. The zero-order chi connectivity index (χ0) is 22.0. The van der Waals surface area contributed by atoms with Gasteiger partial charge in [-0.1, -0.05) is 42.5 Å². The molecule has 2 fully saturated rings. The van der Waals surface area contributed by atoms with E-state index < -0.39 is 41.6 Å². The molecule has 7 heteroatoms. The Balaban J connectivity index is 1.52. The first kappa shape index (κ1) is 19.1. The Morgan fingerprint density at radius 2 is 1.66 bits per heavy atom. The number of halogens is 1. The van der Waals surface area contributed by atoms with Crippen LogP contribution < -0.4 is 4.90 Å². The number of amides is 2. The third-order valence-electron chi connectivity index (χ3n) is 6.59. The number of thiophene rings is 1. The van der Waals surface area contributed by atoms with Crippen molar-refractivity contribution in [1.29, 1.82) is 0 Å². The fraction of sp³-hybridized carbons (Fsp3) is 0.160. The molecule has 2 aromatic carbocycles. The predicted octanol–water partition coefficient (Wildman–Crippen LogP) is 4.29. The largest absolute Gasteiger partial charge is 0.358 e. The lowest BCUT2D eigenvalue weighted by Crippen LogP contribution is -2.44. The van der Waals surface area contributed by atoms with E-state index in [4.69, 9.17) is 0 Å². The van der Waals surface area contributed by atoms with E-state index in [0.29, 0.717) is 4.88 Å². The van der Waals surface area contributed by atoms with E-state index in [1.165, 1.54) is 29.5 Å². The SMILES string of the molecule is O=C(c1cccs1)[C@@H]1[C@@H]2C(=O)N(c3ccccc3F)C(=O)[C@@H]2C2c3ccccc3C=CN21. The molecule has 0 N–H and O–H groups in total. The lowest BCUT2D eigenvalue weighted by Gasteiger charge is -2.35. The van der Waals surface area contributed by atoms with Crippen molar-refractivity contribution in [3.63, 3.8) is 0 Å². The van der Waals surface area contributed by atoms with Gasteiger partial charge in [-0.2, -0.15) is 0 Å². The summed E-state index contributed by atoms with van der Waals surface area (Å²) in [5.74, 6) is -3.50. The second kappa shape index (κ2) is 6.97. The molecule has 0 bridgehead atoms. The zero-order valence-electron chi connectivity index (χ0n) is 16.7. The van der Waals surface area contributed by atoms with Crippen LogP contribution in [-0.4, -0.2) is 28.5 Å². The molecule has 3 aliphatic heterocycles. The van der Waals surface area contributed by atoms with E-state index in [9.17, 15) is 18.8 Å². The summed E-state index contributed by atoms with van der Waals surface area (Å²) < 4.78 is 14.6. The van der Waals surface area contributed by atoms with Crippen LogP contribution in [0.3, 0.4) is 0 Å². The minimum absolute atomic E-state index is 0.0644. The Labute approximate surface area is 187 Å². The molecule has 32 heavy (non-hydrogen) atoms. The molecule has 1 aromatic heterocycles. The lowest BCUT2D eigenvalue weighted by molar-refractivity contribution is -0.123. The van der Waals surface area contributed by atoms with Gasteiger partial charge in [-0.05, 0) is 40.8 Å². The molecule has 0 radical (unpaired) electrons. The van der Waals surface area contributed by atoms with Crippen molar-refractivity contribution in [3.8, 4) is 0 Å². The number of fused-ring (bicyclic) bond motifs is 5. The first-order valence-electron chi connectivity index (χ1n) is 10.3. The van der Waals surface area contributed by atoms with E-state index in [0.717, 1.165) is 16.0 Å². The molecule has 0 aliphatic carbocycles. The molecular formula is C25H17FN2O3S. The number of rotatable bonds is 3. The van der Waals surface area contributed by atoms with E-state index >= 15 is 0 Å². The van der Waals surface area contributed by atoms with Gasteiger partial charge in [0.2, 0.25) is 11.8 Å². The number of benzene rings is 2. The maximum Gasteiger partial charge on any atom is 0.240 e. The number of para-hydroxylation sites is 1. The molecule has 6 rings (SSSR count). The van der Waals surface area contributed by atoms with Crippen molar-refractivity contribution >= 4 is 40.7 Å². The number of Topliss-reactive ketones (excluding diaryl/α,β-unsaturated/α-hetero) is 1. The van der Waals surface area contributed by atoms with Crippen LogP contribution in [0.2, 0.25) is 0 Å². The lowest BCUT2D eigenvalue weighted by atomic mass is 9.84. The summed E-state index contributed by atoms with van der Waals surface area (Å²) in [5.41, 5.74) is 1.77. The van der Waals surface area contributed by atoms with Gasteiger partial charge in [-0.25, -0.2) is 9.29 Å². The van der Waals surface area contributed by atoms with Gasteiger partial charge in [0, 0.05) is 6.20 Å². The van der Waals surface area contributed by atoms with Crippen molar-refractivity contribution in [2.75, 3.05) is 4.90 Å². The summed E-state index contributed by atoms with van der Waals surface area (Å²) in [7, 11) is 0. The smallest absolute Gasteiger partial charge is 0.240 e. The van der Waals surface area contributed by atoms with Crippen LogP contribution in [0.4, 0.5) is 10.1 Å². The van der Waals surface area contributed by atoms with Crippen molar-refractivity contribution in [1.82, 2.24) is 4.90 Å². The number of nitrogens with zero attached hydrogens (tertiary/aromatic N) is 2. The average Bonchev–Trinajstić information content (AvgIpc) is 3.51. The third kappa shape index (κ3) is 2.51. The van der Waals surface area contributed by atoms with Crippen LogP contribution >= 0.6 is 11.3 Å². The fourth-order valence-electron chi connectivity index (χ4n) is 5.29. The van der Waals surface area contributed by atoms with Gasteiger partial charge in [0.25, 0.3) is 0 Å². The highest BCUT2D eigenvalue weighted by molar-refractivity contribution is 7.12. The quantitative estimate of drug-likeness (QED) is 0.447. The number of imide groups is 1. The molecule has 4 atom stereocenters. The second-order valence-electron chi connectivity index (χ2n) is 8.14.